The van der Waals surface area contributed by atoms with Crippen LogP contribution in [0.25, 0.3) is 0 Å². The van der Waals surface area contributed by atoms with E-state index in [-0.39, 0.29) is 18.9 Å². The molecule has 1 aliphatic heterocycles. The first-order chi connectivity index (χ1) is 13.1. The van der Waals surface area contributed by atoms with E-state index in [1.54, 1.807) is 19.2 Å². The third kappa shape index (κ3) is 5.57. The van der Waals surface area contributed by atoms with Gasteiger partial charge in [0, 0.05) is 12.6 Å². The number of hydrogen-bond donors (Lipinski definition) is 2. The molecule has 3 rings (SSSR count). The summed E-state index contributed by atoms with van der Waals surface area (Å²) in [4.78, 5) is 16.2. The molecular weight excluding hydrogens is 350 g/mol. The Labute approximate surface area is 157 Å². The van der Waals surface area contributed by atoms with Crippen LogP contribution in [0.2, 0.25) is 0 Å². The zero-order chi connectivity index (χ0) is 19.1. The maximum atomic E-state index is 12.0. The number of rotatable bonds is 6. The van der Waals surface area contributed by atoms with Crippen LogP contribution in [0.15, 0.2) is 36.5 Å². The van der Waals surface area contributed by atoms with Crippen LogP contribution in [-0.2, 0) is 9.47 Å². The van der Waals surface area contributed by atoms with Gasteiger partial charge in [0.1, 0.15) is 6.79 Å². The molecule has 8 nitrogen and oxygen atoms in total. The lowest BCUT2D eigenvalue weighted by Crippen LogP contribution is -2.39. The van der Waals surface area contributed by atoms with Crippen LogP contribution in [0, 0.1) is 6.92 Å². The van der Waals surface area contributed by atoms with Crippen LogP contribution in [0.4, 0.5) is 10.5 Å². The molecule has 27 heavy (non-hydrogen) atoms. The van der Waals surface area contributed by atoms with Crippen molar-refractivity contribution in [3.63, 3.8) is 0 Å². The van der Waals surface area contributed by atoms with E-state index in [9.17, 15) is 4.79 Å². The van der Waals surface area contributed by atoms with Gasteiger partial charge in [-0.2, -0.15) is 0 Å². The number of aryl methyl sites for hydroxylation is 1. The van der Waals surface area contributed by atoms with E-state index < -0.39 is 0 Å². The highest BCUT2D eigenvalue weighted by molar-refractivity contribution is 5.89. The molecule has 0 aliphatic carbocycles. The number of nitrogens with one attached hydrogen (secondary N) is 2. The Kier molecular flexibility index (Phi) is 6.45. The predicted octanol–water partition coefficient (Wildman–Crippen LogP) is 3.08. The monoisotopic (exact) mass is 373 g/mol. The highest BCUT2D eigenvalue weighted by atomic mass is 16.7. The highest BCUT2D eigenvalue weighted by Crippen LogP contribution is 2.31. The van der Waals surface area contributed by atoms with E-state index >= 15 is 0 Å². The normalized spacial score (nSPS) is 16.4. The van der Waals surface area contributed by atoms with Crippen LogP contribution < -0.4 is 20.1 Å². The first kappa shape index (κ1) is 18.9. The van der Waals surface area contributed by atoms with Crippen LogP contribution in [0.5, 0.6) is 17.4 Å². The number of methoxy groups -OCH3 is 1. The quantitative estimate of drug-likeness (QED) is 0.809. The van der Waals surface area contributed by atoms with Crippen molar-refractivity contribution in [1.29, 1.82) is 0 Å². The number of nitrogens with zero attached hydrogens (tertiary/aromatic N) is 1. The van der Waals surface area contributed by atoms with Crippen LogP contribution in [0.3, 0.4) is 0 Å². The summed E-state index contributed by atoms with van der Waals surface area (Å²) in [5, 5.41) is 5.49. The molecule has 1 aromatic heterocycles. The summed E-state index contributed by atoms with van der Waals surface area (Å²) in [6, 6.07) is 8.72. The average Bonchev–Trinajstić information content (AvgIpc) is 2.70. The van der Waals surface area contributed by atoms with E-state index in [4.69, 9.17) is 18.9 Å². The second-order valence-corrected chi connectivity index (χ2v) is 6.08. The molecule has 144 valence electrons. The zero-order valence-corrected chi connectivity index (χ0v) is 15.4. The number of anilines is 1. The average molecular weight is 373 g/mol. The molecule has 0 unspecified atom stereocenters. The van der Waals surface area contributed by atoms with Crippen LogP contribution in [-0.4, -0.2) is 44.2 Å². The lowest BCUT2D eigenvalue weighted by molar-refractivity contribution is -0.136. The van der Waals surface area contributed by atoms with Gasteiger partial charge in [-0.1, -0.05) is 6.07 Å². The number of amides is 2. The summed E-state index contributed by atoms with van der Waals surface area (Å²) in [5.41, 5.74) is 1.63. The fraction of sp³-hybridized carbons (Fsp3) is 0.368. The summed E-state index contributed by atoms with van der Waals surface area (Å²) in [6.07, 6.45) is 2.26. The van der Waals surface area contributed by atoms with Crippen molar-refractivity contribution in [3.8, 4) is 17.4 Å². The van der Waals surface area contributed by atoms with Gasteiger partial charge in [-0.05, 0) is 37.1 Å². The van der Waals surface area contributed by atoms with Crippen LogP contribution in [0.1, 0.15) is 12.0 Å². The molecule has 1 aromatic carbocycles. The number of carbonyl (C=O) groups excluding carboxylic acids is 1. The van der Waals surface area contributed by atoms with E-state index in [1.165, 1.54) is 6.20 Å². The Hall–Kier alpha value is -2.84. The molecule has 1 fully saturated rings. The van der Waals surface area contributed by atoms with Crippen molar-refractivity contribution in [2.75, 3.05) is 32.4 Å². The van der Waals surface area contributed by atoms with Crippen molar-refractivity contribution < 1.29 is 23.7 Å². The van der Waals surface area contributed by atoms with Gasteiger partial charge in [0.15, 0.2) is 11.5 Å². The zero-order valence-electron chi connectivity index (χ0n) is 15.4. The number of pyridine rings is 1. The first-order valence-corrected chi connectivity index (χ1v) is 8.67. The lowest BCUT2D eigenvalue weighted by atomic mass is 10.2. The van der Waals surface area contributed by atoms with E-state index in [1.807, 2.05) is 25.1 Å². The number of carbonyl (C=O) groups is 1. The van der Waals surface area contributed by atoms with Gasteiger partial charge in [-0.15, -0.1) is 0 Å². The first-order valence-electron chi connectivity index (χ1n) is 8.67. The molecule has 8 heteroatoms. The minimum absolute atomic E-state index is 0.0251. The Balaban J connectivity index is 1.51. The second kappa shape index (κ2) is 9.20. The van der Waals surface area contributed by atoms with Crippen LogP contribution >= 0.6 is 0 Å². The molecule has 2 aromatic rings. The molecule has 2 amide bonds. The maximum absolute atomic E-state index is 12.0. The number of urea groups is 1. The molecule has 0 radical (unpaired) electrons. The molecular formula is C19H23N3O5. The van der Waals surface area contributed by atoms with Crippen molar-refractivity contribution in [1.82, 2.24) is 10.3 Å². The number of aromatic nitrogens is 1. The molecule has 1 aliphatic rings. The van der Waals surface area contributed by atoms with Gasteiger partial charge < -0.3 is 29.6 Å². The lowest BCUT2D eigenvalue weighted by Gasteiger charge is -2.22. The third-order valence-electron chi connectivity index (χ3n) is 3.99. The van der Waals surface area contributed by atoms with Crippen molar-refractivity contribution in [2.24, 2.45) is 0 Å². The van der Waals surface area contributed by atoms with Gasteiger partial charge in [0.25, 0.3) is 0 Å². The summed E-state index contributed by atoms with van der Waals surface area (Å²) >= 11 is 0. The molecule has 1 saturated heterocycles. The van der Waals surface area contributed by atoms with Gasteiger partial charge in [-0.3, -0.25) is 0 Å². The Morgan fingerprint density at radius 1 is 1.30 bits per heavy atom. The highest BCUT2D eigenvalue weighted by Gasteiger charge is 2.15. The molecule has 2 heterocycles. The van der Waals surface area contributed by atoms with Gasteiger partial charge in [0.05, 0.1) is 31.7 Å². The minimum Gasteiger partial charge on any atom is -0.493 e. The standard InChI is InChI=1S/C19H23N3O5/c1-13-3-5-16(17(9-13)24-2)27-18-6-4-14(10-20-18)22-19(23)21-11-15-7-8-25-12-26-15/h3-6,9-10,15H,7-8,11-12H2,1-2H3,(H2,21,22,23)/t15-/m1/s1. The molecule has 0 bridgehead atoms. The topological polar surface area (TPSA) is 90.9 Å². The van der Waals surface area contributed by atoms with Crippen molar-refractivity contribution >= 4 is 11.7 Å². The largest absolute Gasteiger partial charge is 0.493 e. The van der Waals surface area contributed by atoms with Crippen molar-refractivity contribution in [2.45, 2.75) is 19.4 Å². The van der Waals surface area contributed by atoms with E-state index in [0.717, 1.165) is 12.0 Å². The fourth-order valence-corrected chi connectivity index (χ4v) is 2.53. The molecule has 0 saturated carbocycles. The summed E-state index contributed by atoms with van der Waals surface area (Å²) in [7, 11) is 1.59. The summed E-state index contributed by atoms with van der Waals surface area (Å²) < 4.78 is 21.5. The van der Waals surface area contributed by atoms with E-state index in [2.05, 4.69) is 15.6 Å². The molecule has 0 spiro atoms. The van der Waals surface area contributed by atoms with E-state index in [0.29, 0.717) is 36.2 Å². The third-order valence-corrected chi connectivity index (χ3v) is 3.99. The maximum Gasteiger partial charge on any atom is 0.319 e. The number of ether oxygens (including phenoxy) is 4. The van der Waals surface area contributed by atoms with Crippen molar-refractivity contribution in [3.05, 3.63) is 42.1 Å². The number of hydrogen-bond acceptors (Lipinski definition) is 6. The Morgan fingerprint density at radius 3 is 2.89 bits per heavy atom. The van der Waals surface area contributed by atoms with Gasteiger partial charge in [-0.25, -0.2) is 9.78 Å². The smallest absolute Gasteiger partial charge is 0.319 e. The second-order valence-electron chi connectivity index (χ2n) is 6.08. The SMILES string of the molecule is COc1cc(C)ccc1Oc1ccc(NC(=O)NC[C@H]2CCOCO2)cn1. The minimum atomic E-state index is -0.319. The molecule has 1 atom stereocenters. The molecule has 2 N–H and O–H groups in total. The Bertz CT molecular complexity index is 760. The number of benzene rings is 1. The fourth-order valence-electron chi connectivity index (χ4n) is 2.53. The summed E-state index contributed by atoms with van der Waals surface area (Å²) in [6.45, 7) is 3.32. The van der Waals surface area contributed by atoms with Gasteiger partial charge in [0.2, 0.25) is 5.88 Å². The summed E-state index contributed by atoms with van der Waals surface area (Å²) in [5.74, 6) is 1.61. The van der Waals surface area contributed by atoms with Gasteiger partial charge >= 0.3 is 6.03 Å². The predicted molar refractivity (Wildman–Crippen MR) is 99.4 cm³/mol. The Morgan fingerprint density at radius 2 is 2.19 bits per heavy atom.